The van der Waals surface area contributed by atoms with Gasteiger partial charge < -0.3 is 10.1 Å². The molecule has 2 rings (SSSR count). The van der Waals surface area contributed by atoms with Gasteiger partial charge in [-0.25, -0.2) is 13.1 Å². The lowest BCUT2D eigenvalue weighted by Crippen LogP contribution is -2.29. The van der Waals surface area contributed by atoms with E-state index < -0.39 is 10.0 Å². The van der Waals surface area contributed by atoms with Crippen LogP contribution in [0.5, 0.6) is 5.75 Å². The lowest BCUT2D eigenvalue weighted by Gasteiger charge is -2.14. The molecule has 1 aromatic rings. The predicted octanol–water partition coefficient (Wildman–Crippen LogP) is 1.88. The Morgan fingerprint density at radius 3 is 2.62 bits per heavy atom. The van der Waals surface area contributed by atoms with Gasteiger partial charge in [0.25, 0.3) is 0 Å². The minimum absolute atomic E-state index is 0.127. The number of rotatable bonds is 8. The van der Waals surface area contributed by atoms with Crippen molar-refractivity contribution in [3.05, 3.63) is 23.8 Å². The number of hydrogen-bond acceptors (Lipinski definition) is 4. The van der Waals surface area contributed by atoms with Gasteiger partial charge in [-0.1, -0.05) is 19.9 Å². The van der Waals surface area contributed by atoms with E-state index >= 15 is 0 Å². The van der Waals surface area contributed by atoms with Crippen LogP contribution in [0.2, 0.25) is 0 Å². The molecule has 0 atom stereocenters. The van der Waals surface area contributed by atoms with Gasteiger partial charge in [-0.2, -0.15) is 0 Å². The van der Waals surface area contributed by atoms with E-state index in [-0.39, 0.29) is 10.3 Å². The lowest BCUT2D eigenvalue weighted by molar-refractivity contribution is 0.401. The topological polar surface area (TPSA) is 67.4 Å². The Morgan fingerprint density at radius 2 is 2.05 bits per heavy atom. The van der Waals surface area contributed by atoms with Crippen LogP contribution in [-0.2, 0) is 16.6 Å². The van der Waals surface area contributed by atoms with E-state index in [0.717, 1.165) is 24.9 Å². The molecule has 0 radical (unpaired) electrons. The Kier molecular flexibility index (Phi) is 4.91. The summed E-state index contributed by atoms with van der Waals surface area (Å²) in [5.41, 5.74) is 1.05. The third-order valence-corrected chi connectivity index (χ3v) is 5.31. The first-order valence-corrected chi connectivity index (χ1v) is 8.76. The van der Waals surface area contributed by atoms with Crippen LogP contribution in [-0.4, -0.2) is 28.6 Å². The van der Waals surface area contributed by atoms with E-state index in [0.29, 0.717) is 18.8 Å². The number of benzene rings is 1. The van der Waals surface area contributed by atoms with Crippen molar-refractivity contribution in [2.24, 2.45) is 5.41 Å². The quantitative estimate of drug-likeness (QED) is 0.769. The first-order valence-electron chi connectivity index (χ1n) is 7.27. The van der Waals surface area contributed by atoms with Crippen molar-refractivity contribution in [2.75, 3.05) is 20.2 Å². The van der Waals surface area contributed by atoms with Gasteiger partial charge in [0.05, 0.1) is 7.11 Å². The standard InChI is InChI=1S/C15H24N2O3S/c1-4-16-10-12-5-6-13(20-3)14(9-12)21(18,19)17-11-15(2)7-8-15/h5-6,9,16-17H,4,7-8,10-11H2,1-3H3. The second-order valence-electron chi connectivity index (χ2n) is 5.90. The van der Waals surface area contributed by atoms with Crippen LogP contribution in [0.25, 0.3) is 0 Å². The molecule has 0 bridgehead atoms. The molecule has 0 aromatic heterocycles. The molecule has 0 spiro atoms. The van der Waals surface area contributed by atoms with E-state index in [1.807, 2.05) is 13.0 Å². The Hall–Kier alpha value is -1.11. The zero-order valence-electron chi connectivity index (χ0n) is 12.9. The van der Waals surface area contributed by atoms with E-state index in [1.54, 1.807) is 12.1 Å². The van der Waals surface area contributed by atoms with Crippen LogP contribution >= 0.6 is 0 Å². The summed E-state index contributed by atoms with van der Waals surface area (Å²) in [5.74, 6) is 0.378. The summed E-state index contributed by atoms with van der Waals surface area (Å²) in [6, 6.07) is 5.27. The summed E-state index contributed by atoms with van der Waals surface area (Å²) >= 11 is 0. The smallest absolute Gasteiger partial charge is 0.244 e. The summed E-state index contributed by atoms with van der Waals surface area (Å²) < 4.78 is 32.9. The molecule has 5 nitrogen and oxygen atoms in total. The number of sulfonamides is 1. The maximum atomic E-state index is 12.5. The molecule has 0 amide bonds. The molecule has 0 heterocycles. The lowest BCUT2D eigenvalue weighted by atomic mass is 10.2. The van der Waals surface area contributed by atoms with E-state index in [2.05, 4.69) is 17.0 Å². The fourth-order valence-electron chi connectivity index (χ4n) is 2.05. The molecule has 6 heteroatoms. The van der Waals surface area contributed by atoms with E-state index in [4.69, 9.17) is 4.74 Å². The Labute approximate surface area is 127 Å². The van der Waals surface area contributed by atoms with Crippen LogP contribution < -0.4 is 14.8 Å². The third kappa shape index (κ3) is 4.18. The third-order valence-electron chi connectivity index (χ3n) is 3.89. The van der Waals surface area contributed by atoms with Crippen LogP contribution in [0.3, 0.4) is 0 Å². The van der Waals surface area contributed by atoms with Gasteiger partial charge >= 0.3 is 0 Å². The van der Waals surface area contributed by atoms with Crippen molar-refractivity contribution in [1.29, 1.82) is 0 Å². The van der Waals surface area contributed by atoms with Crippen molar-refractivity contribution in [2.45, 2.75) is 38.1 Å². The fourth-order valence-corrected chi connectivity index (χ4v) is 3.46. The molecule has 1 aliphatic carbocycles. The molecule has 1 aliphatic rings. The zero-order chi connectivity index (χ0) is 15.5. The number of methoxy groups -OCH3 is 1. The molecule has 1 fully saturated rings. The molecular formula is C15H24N2O3S. The van der Waals surface area contributed by atoms with Crippen LogP contribution in [0.15, 0.2) is 23.1 Å². The summed E-state index contributed by atoms with van der Waals surface area (Å²) in [4.78, 5) is 0.213. The Balaban J connectivity index is 2.21. The molecule has 0 saturated heterocycles. The minimum atomic E-state index is -3.55. The highest BCUT2D eigenvalue weighted by Gasteiger charge is 2.38. The fraction of sp³-hybridized carbons (Fsp3) is 0.600. The van der Waals surface area contributed by atoms with E-state index in [1.165, 1.54) is 7.11 Å². The summed E-state index contributed by atoms with van der Waals surface area (Å²) in [7, 11) is -2.06. The van der Waals surface area contributed by atoms with Crippen molar-refractivity contribution in [3.63, 3.8) is 0 Å². The highest BCUT2D eigenvalue weighted by atomic mass is 32.2. The second kappa shape index (κ2) is 6.34. The normalized spacial score (nSPS) is 16.7. The zero-order valence-corrected chi connectivity index (χ0v) is 13.7. The second-order valence-corrected chi connectivity index (χ2v) is 7.64. The average molecular weight is 312 g/mol. The SMILES string of the molecule is CCNCc1ccc(OC)c(S(=O)(=O)NCC2(C)CC2)c1. The monoisotopic (exact) mass is 312 g/mol. The van der Waals surface area contributed by atoms with Crippen molar-refractivity contribution >= 4 is 10.0 Å². The molecule has 1 saturated carbocycles. The van der Waals surface area contributed by atoms with Gasteiger partial charge in [0.1, 0.15) is 10.6 Å². The molecule has 1 aromatic carbocycles. The number of hydrogen-bond donors (Lipinski definition) is 2. The van der Waals surface area contributed by atoms with Gasteiger partial charge in [-0.15, -0.1) is 0 Å². The van der Waals surface area contributed by atoms with Crippen LogP contribution in [0.4, 0.5) is 0 Å². The molecule has 0 aliphatic heterocycles. The maximum Gasteiger partial charge on any atom is 0.244 e. The van der Waals surface area contributed by atoms with Gasteiger partial charge in [0.2, 0.25) is 10.0 Å². The van der Waals surface area contributed by atoms with Gasteiger partial charge in [0.15, 0.2) is 0 Å². The minimum Gasteiger partial charge on any atom is -0.495 e. The van der Waals surface area contributed by atoms with Crippen LogP contribution in [0.1, 0.15) is 32.3 Å². The molecule has 21 heavy (non-hydrogen) atoms. The summed E-state index contributed by atoms with van der Waals surface area (Å²) in [6.07, 6.45) is 2.15. The Bertz CT molecular complexity index is 595. The molecule has 118 valence electrons. The van der Waals surface area contributed by atoms with Gasteiger partial charge in [-0.3, -0.25) is 0 Å². The number of nitrogens with one attached hydrogen (secondary N) is 2. The summed E-state index contributed by atoms with van der Waals surface area (Å²) in [6.45, 7) is 6.06. The highest BCUT2D eigenvalue weighted by Crippen LogP contribution is 2.44. The van der Waals surface area contributed by atoms with Crippen LogP contribution in [0, 0.1) is 5.41 Å². The number of ether oxygens (including phenoxy) is 1. The van der Waals surface area contributed by atoms with Crippen molar-refractivity contribution in [1.82, 2.24) is 10.0 Å². The first-order chi connectivity index (χ1) is 9.90. The Morgan fingerprint density at radius 1 is 1.33 bits per heavy atom. The first kappa shape index (κ1) is 16.3. The van der Waals surface area contributed by atoms with Crippen molar-refractivity contribution < 1.29 is 13.2 Å². The largest absolute Gasteiger partial charge is 0.495 e. The summed E-state index contributed by atoms with van der Waals surface area (Å²) in [5, 5.41) is 3.19. The molecular weight excluding hydrogens is 288 g/mol. The predicted molar refractivity (Wildman–Crippen MR) is 82.9 cm³/mol. The molecule has 2 N–H and O–H groups in total. The van der Waals surface area contributed by atoms with Crippen molar-refractivity contribution in [3.8, 4) is 5.75 Å². The van der Waals surface area contributed by atoms with Gasteiger partial charge in [-0.05, 0) is 42.5 Å². The maximum absolute atomic E-state index is 12.5. The van der Waals surface area contributed by atoms with Gasteiger partial charge in [0, 0.05) is 13.1 Å². The highest BCUT2D eigenvalue weighted by molar-refractivity contribution is 7.89. The van der Waals surface area contributed by atoms with E-state index in [9.17, 15) is 8.42 Å². The average Bonchev–Trinajstić information content (AvgIpc) is 3.21. The molecule has 0 unspecified atom stereocenters.